The zero-order valence-corrected chi connectivity index (χ0v) is 20.0. The summed E-state index contributed by atoms with van der Waals surface area (Å²) in [5.74, 6) is 0. The fraction of sp³-hybridized carbons (Fsp3) is 0.0312. The van der Waals surface area contributed by atoms with Gasteiger partial charge < -0.3 is 0 Å². The van der Waals surface area contributed by atoms with Gasteiger partial charge in [-0.3, -0.25) is 4.98 Å². The predicted octanol–water partition coefficient (Wildman–Crippen LogP) is 5.05. The van der Waals surface area contributed by atoms with Crippen LogP contribution in [0, 0.1) is 6.92 Å². The number of hydrogen-bond donors (Lipinski definition) is 0. The quantitative estimate of drug-likeness (QED) is 0.266. The van der Waals surface area contributed by atoms with E-state index in [0.29, 0.717) is 0 Å². The molecular weight excluding hydrogens is 426 g/mol. The van der Waals surface area contributed by atoms with Crippen LogP contribution in [0.3, 0.4) is 0 Å². The van der Waals surface area contributed by atoms with Crippen LogP contribution < -0.4 is 20.7 Å². The summed E-state index contributed by atoms with van der Waals surface area (Å²) in [6.07, 6.45) is 1.93. The summed E-state index contributed by atoms with van der Waals surface area (Å²) in [6, 6.07) is 42.7. The molecule has 0 saturated heterocycles. The van der Waals surface area contributed by atoms with Crippen molar-refractivity contribution < 1.29 is 0 Å². The molecule has 0 fully saturated rings. The van der Waals surface area contributed by atoms with E-state index in [1.165, 1.54) is 53.6 Å². The monoisotopic (exact) mass is 449 g/mol. The Kier molecular flexibility index (Phi) is 4.14. The maximum Gasteiger partial charge on any atom is 0.181 e. The summed E-state index contributed by atoms with van der Waals surface area (Å²) in [4.78, 5) is 4.94. The summed E-state index contributed by atoms with van der Waals surface area (Å²) in [7, 11) is -2.58. The summed E-state index contributed by atoms with van der Waals surface area (Å²) < 4.78 is 0. The highest BCUT2D eigenvalue weighted by Gasteiger charge is 2.50. The Morgan fingerprint density at radius 2 is 1.21 bits per heavy atom. The van der Waals surface area contributed by atoms with Crippen molar-refractivity contribution in [3.05, 3.63) is 127 Å². The van der Waals surface area contributed by atoms with Crippen LogP contribution in [0.15, 0.2) is 121 Å². The minimum atomic E-state index is -2.58. The minimum absolute atomic E-state index is 1.10. The molecule has 1 aromatic heterocycles. The third-order valence-corrected chi connectivity index (χ3v) is 12.3. The number of rotatable bonds is 2. The SMILES string of the molecule is Cc1ccc2c(c1)[Si](c1ccccc1)(c1ccccc1)c1c-2c2ccccc2c2ncccc12. The first kappa shape index (κ1) is 19.5. The van der Waals surface area contributed by atoms with Gasteiger partial charge in [0.15, 0.2) is 8.07 Å². The van der Waals surface area contributed by atoms with Crippen LogP contribution in [0.2, 0.25) is 0 Å². The topological polar surface area (TPSA) is 12.9 Å². The van der Waals surface area contributed by atoms with E-state index < -0.39 is 8.07 Å². The molecule has 0 amide bonds. The average molecular weight is 450 g/mol. The largest absolute Gasteiger partial charge is 0.256 e. The summed E-state index contributed by atoms with van der Waals surface area (Å²) >= 11 is 0. The lowest BCUT2D eigenvalue weighted by atomic mass is 9.95. The van der Waals surface area contributed by atoms with Crippen LogP contribution in [0.4, 0.5) is 0 Å². The smallest absolute Gasteiger partial charge is 0.181 e. The highest BCUT2D eigenvalue weighted by atomic mass is 28.3. The molecule has 2 heterocycles. The van der Waals surface area contributed by atoms with Crippen LogP contribution >= 0.6 is 0 Å². The Labute approximate surface area is 200 Å². The molecule has 1 aliphatic heterocycles. The van der Waals surface area contributed by atoms with E-state index in [1.807, 2.05) is 6.20 Å². The van der Waals surface area contributed by atoms with E-state index in [9.17, 15) is 0 Å². The lowest BCUT2D eigenvalue weighted by molar-refractivity contribution is 1.43. The molecular formula is C32H23NSi. The number of aromatic nitrogens is 1. The molecule has 5 aromatic carbocycles. The second-order valence-electron chi connectivity index (χ2n) is 9.23. The van der Waals surface area contributed by atoms with Crippen molar-refractivity contribution in [2.75, 3.05) is 0 Å². The first-order chi connectivity index (χ1) is 16.8. The van der Waals surface area contributed by atoms with Gasteiger partial charge in [-0.05, 0) is 50.3 Å². The van der Waals surface area contributed by atoms with E-state index in [2.05, 4.69) is 122 Å². The third kappa shape index (κ3) is 2.46. The van der Waals surface area contributed by atoms with Gasteiger partial charge in [-0.25, -0.2) is 0 Å². The molecule has 160 valence electrons. The zero-order valence-electron chi connectivity index (χ0n) is 19.0. The Bertz CT molecular complexity index is 1670. The molecule has 0 spiro atoms. The fourth-order valence-electron chi connectivity index (χ4n) is 6.13. The van der Waals surface area contributed by atoms with Crippen molar-refractivity contribution in [1.82, 2.24) is 4.98 Å². The number of pyridine rings is 1. The van der Waals surface area contributed by atoms with Crippen molar-refractivity contribution in [3.8, 4) is 11.1 Å². The van der Waals surface area contributed by atoms with Crippen molar-refractivity contribution >= 4 is 50.5 Å². The van der Waals surface area contributed by atoms with Gasteiger partial charge in [0.1, 0.15) is 0 Å². The molecule has 1 nitrogen and oxygen atoms in total. The van der Waals surface area contributed by atoms with Gasteiger partial charge in [0.2, 0.25) is 0 Å². The van der Waals surface area contributed by atoms with Crippen molar-refractivity contribution in [2.24, 2.45) is 0 Å². The molecule has 34 heavy (non-hydrogen) atoms. The number of aryl methyl sites for hydroxylation is 1. The molecule has 6 aromatic rings. The second-order valence-corrected chi connectivity index (χ2v) is 12.9. The summed E-state index contributed by atoms with van der Waals surface area (Å²) in [5.41, 5.74) is 5.18. The van der Waals surface area contributed by atoms with E-state index in [1.54, 1.807) is 0 Å². The lowest BCUT2D eigenvalue weighted by Crippen LogP contribution is -2.73. The van der Waals surface area contributed by atoms with E-state index in [0.717, 1.165) is 5.52 Å². The molecule has 0 atom stereocenters. The van der Waals surface area contributed by atoms with Gasteiger partial charge in [-0.1, -0.05) is 115 Å². The molecule has 0 saturated carbocycles. The average Bonchev–Trinajstić information content (AvgIpc) is 3.21. The maximum absolute atomic E-state index is 4.94. The standard InChI is InChI=1S/C32H23NSi/c1-22-18-19-27-29(21-22)34(23-11-4-2-5-12-23,24-13-6-3-7-14-24)32-28-17-10-20-33-31(28)26-16-9-8-15-25(26)30(27)32/h2-21H,1H3. The van der Waals surface area contributed by atoms with Crippen LogP contribution in [0.5, 0.6) is 0 Å². The zero-order chi connectivity index (χ0) is 22.7. The van der Waals surface area contributed by atoms with Gasteiger partial charge in [0, 0.05) is 17.0 Å². The van der Waals surface area contributed by atoms with Crippen molar-refractivity contribution in [3.63, 3.8) is 0 Å². The Morgan fingerprint density at radius 3 is 1.91 bits per heavy atom. The van der Waals surface area contributed by atoms with Gasteiger partial charge >= 0.3 is 0 Å². The Morgan fingerprint density at radius 1 is 0.588 bits per heavy atom. The summed E-state index contributed by atoms with van der Waals surface area (Å²) in [6.45, 7) is 2.22. The normalized spacial score (nSPS) is 13.7. The molecule has 1 aliphatic rings. The lowest BCUT2D eigenvalue weighted by Gasteiger charge is -2.32. The van der Waals surface area contributed by atoms with Crippen molar-refractivity contribution in [1.29, 1.82) is 0 Å². The Balaban J connectivity index is 1.82. The van der Waals surface area contributed by atoms with Crippen LogP contribution in [0.1, 0.15) is 5.56 Å². The van der Waals surface area contributed by atoms with Gasteiger partial charge in [0.25, 0.3) is 0 Å². The van der Waals surface area contributed by atoms with E-state index >= 15 is 0 Å². The number of fused-ring (bicyclic) bond motifs is 8. The van der Waals surface area contributed by atoms with Crippen LogP contribution in [0.25, 0.3) is 32.8 Å². The molecule has 0 unspecified atom stereocenters. The van der Waals surface area contributed by atoms with E-state index in [-0.39, 0.29) is 0 Å². The minimum Gasteiger partial charge on any atom is -0.256 e. The molecule has 0 radical (unpaired) electrons. The molecule has 0 N–H and O–H groups in total. The van der Waals surface area contributed by atoms with E-state index in [4.69, 9.17) is 4.98 Å². The van der Waals surface area contributed by atoms with Crippen LogP contribution in [-0.2, 0) is 0 Å². The number of nitrogens with zero attached hydrogens (tertiary/aromatic N) is 1. The van der Waals surface area contributed by atoms with Gasteiger partial charge in [-0.15, -0.1) is 0 Å². The fourth-order valence-corrected chi connectivity index (χ4v) is 11.6. The molecule has 0 bridgehead atoms. The van der Waals surface area contributed by atoms with Crippen LogP contribution in [-0.4, -0.2) is 13.1 Å². The highest BCUT2D eigenvalue weighted by Crippen LogP contribution is 2.38. The predicted molar refractivity (Wildman–Crippen MR) is 147 cm³/mol. The first-order valence-electron chi connectivity index (χ1n) is 11.8. The first-order valence-corrected chi connectivity index (χ1v) is 13.8. The summed E-state index contributed by atoms with van der Waals surface area (Å²) in [5, 5.41) is 9.63. The molecule has 0 aliphatic carbocycles. The number of hydrogen-bond acceptors (Lipinski definition) is 1. The van der Waals surface area contributed by atoms with Gasteiger partial charge in [0.05, 0.1) is 5.52 Å². The van der Waals surface area contributed by atoms with Gasteiger partial charge in [-0.2, -0.15) is 0 Å². The highest BCUT2D eigenvalue weighted by molar-refractivity contribution is 7.23. The Hall–Kier alpha value is -4.01. The van der Waals surface area contributed by atoms with Crippen molar-refractivity contribution in [2.45, 2.75) is 6.92 Å². The maximum atomic E-state index is 4.94. The second kappa shape index (κ2) is 7.24. The third-order valence-electron chi connectivity index (χ3n) is 7.42. The number of benzene rings is 5. The molecule has 7 rings (SSSR count). The molecule has 2 heteroatoms.